The highest BCUT2D eigenvalue weighted by Gasteiger charge is 2.15. The van der Waals surface area contributed by atoms with Crippen LogP contribution in [-0.2, 0) is 11.8 Å². The predicted molar refractivity (Wildman–Crippen MR) is 119 cm³/mol. The van der Waals surface area contributed by atoms with Crippen molar-refractivity contribution in [3.8, 4) is 17.0 Å². The van der Waals surface area contributed by atoms with Gasteiger partial charge in [0.2, 0.25) is 11.9 Å². The van der Waals surface area contributed by atoms with Crippen molar-refractivity contribution in [2.45, 2.75) is 0 Å². The first-order valence-electron chi connectivity index (χ1n) is 9.45. The molecule has 2 N–H and O–H groups in total. The van der Waals surface area contributed by atoms with Crippen molar-refractivity contribution in [3.05, 3.63) is 73.3 Å². The van der Waals surface area contributed by atoms with E-state index in [0.717, 1.165) is 28.2 Å². The molecule has 4 rings (SSSR count). The van der Waals surface area contributed by atoms with Gasteiger partial charge in [-0.25, -0.2) is 14.4 Å². The van der Waals surface area contributed by atoms with Gasteiger partial charge in [-0.3, -0.25) is 4.79 Å². The molecule has 0 radical (unpaired) electrons. The molecule has 0 fully saturated rings. The Morgan fingerprint density at radius 3 is 2.81 bits per heavy atom. The molecule has 0 aliphatic heterocycles. The van der Waals surface area contributed by atoms with E-state index < -0.39 is 11.7 Å². The van der Waals surface area contributed by atoms with Crippen molar-refractivity contribution in [3.63, 3.8) is 0 Å². The van der Waals surface area contributed by atoms with E-state index in [1.54, 1.807) is 6.20 Å². The maximum absolute atomic E-state index is 14.3. The van der Waals surface area contributed by atoms with Gasteiger partial charge in [-0.05, 0) is 24.3 Å². The van der Waals surface area contributed by atoms with Gasteiger partial charge < -0.3 is 19.9 Å². The minimum Gasteiger partial charge on any atom is -0.494 e. The Hall–Kier alpha value is -4.20. The number of nitrogens with zero attached hydrogens (tertiary/aromatic N) is 3. The van der Waals surface area contributed by atoms with Gasteiger partial charge in [0.15, 0.2) is 5.82 Å². The summed E-state index contributed by atoms with van der Waals surface area (Å²) in [6.45, 7) is 3.38. The van der Waals surface area contributed by atoms with Crippen LogP contribution in [0.25, 0.3) is 22.2 Å². The number of aryl methyl sites for hydroxylation is 1. The van der Waals surface area contributed by atoms with Gasteiger partial charge in [0.05, 0.1) is 24.2 Å². The van der Waals surface area contributed by atoms with Crippen molar-refractivity contribution in [1.29, 1.82) is 0 Å². The fourth-order valence-electron chi connectivity index (χ4n) is 3.34. The van der Waals surface area contributed by atoms with Gasteiger partial charge >= 0.3 is 0 Å². The van der Waals surface area contributed by atoms with Gasteiger partial charge in [0.25, 0.3) is 0 Å². The van der Waals surface area contributed by atoms with Crippen molar-refractivity contribution in [1.82, 2.24) is 14.5 Å². The summed E-state index contributed by atoms with van der Waals surface area (Å²) in [7, 11) is 3.41. The number of para-hydroxylation sites is 1. The molecule has 2 aromatic heterocycles. The molecule has 0 unspecified atom stereocenters. The number of hydrogen-bond acceptors (Lipinski definition) is 5. The lowest BCUT2D eigenvalue weighted by Crippen LogP contribution is -2.10. The van der Waals surface area contributed by atoms with Crippen LogP contribution in [0.15, 0.2) is 67.5 Å². The maximum atomic E-state index is 14.3. The summed E-state index contributed by atoms with van der Waals surface area (Å²) in [6.07, 6.45) is 4.72. The third-order valence-corrected chi connectivity index (χ3v) is 4.81. The summed E-state index contributed by atoms with van der Waals surface area (Å²) in [5.41, 5.74) is 3.18. The molecule has 4 aromatic rings. The fourth-order valence-corrected chi connectivity index (χ4v) is 3.34. The fraction of sp³-hybridized carbons (Fsp3) is 0.0870. The Labute approximate surface area is 178 Å². The van der Waals surface area contributed by atoms with E-state index in [1.807, 2.05) is 48.1 Å². The highest BCUT2D eigenvalue weighted by atomic mass is 19.1. The van der Waals surface area contributed by atoms with Gasteiger partial charge in [0, 0.05) is 42.0 Å². The summed E-state index contributed by atoms with van der Waals surface area (Å²) in [6, 6.07) is 12.5. The number of amides is 1. The van der Waals surface area contributed by atoms with E-state index in [4.69, 9.17) is 4.74 Å². The first kappa shape index (κ1) is 20.1. The minimum absolute atomic E-state index is 0.0154. The Balaban J connectivity index is 1.71. The molecule has 2 heterocycles. The Morgan fingerprint density at radius 2 is 2.03 bits per heavy atom. The quantitative estimate of drug-likeness (QED) is 0.446. The summed E-state index contributed by atoms with van der Waals surface area (Å²) < 4.78 is 21.6. The van der Waals surface area contributed by atoms with Crippen molar-refractivity contribution < 1.29 is 13.9 Å². The highest BCUT2D eigenvalue weighted by molar-refractivity contribution is 5.99. The summed E-state index contributed by atoms with van der Waals surface area (Å²) >= 11 is 0. The average molecular weight is 417 g/mol. The van der Waals surface area contributed by atoms with Crippen LogP contribution in [0.2, 0.25) is 0 Å². The van der Waals surface area contributed by atoms with Crippen LogP contribution in [0.3, 0.4) is 0 Å². The van der Waals surface area contributed by atoms with E-state index in [1.165, 1.54) is 19.2 Å². The van der Waals surface area contributed by atoms with Crippen molar-refractivity contribution in [2.24, 2.45) is 7.05 Å². The lowest BCUT2D eigenvalue weighted by Gasteiger charge is -2.13. The number of halogens is 1. The lowest BCUT2D eigenvalue weighted by molar-refractivity contribution is -0.111. The summed E-state index contributed by atoms with van der Waals surface area (Å²) in [4.78, 5) is 20.5. The molecule has 2 aromatic carbocycles. The van der Waals surface area contributed by atoms with E-state index in [0.29, 0.717) is 11.6 Å². The second kappa shape index (κ2) is 8.27. The normalized spacial score (nSPS) is 10.7. The molecular formula is C23H20FN5O2. The minimum atomic E-state index is -0.636. The molecule has 7 nitrogen and oxygen atoms in total. The molecular weight excluding hydrogens is 397 g/mol. The zero-order valence-corrected chi connectivity index (χ0v) is 17.0. The molecule has 0 spiro atoms. The highest BCUT2D eigenvalue weighted by Crippen LogP contribution is 2.33. The number of ether oxygens (including phenoxy) is 1. The van der Waals surface area contributed by atoms with Gasteiger partial charge in [-0.1, -0.05) is 24.8 Å². The number of carbonyl (C=O) groups excluding carboxylic acids is 1. The Bertz CT molecular complexity index is 1300. The molecule has 156 valence electrons. The first-order valence-corrected chi connectivity index (χ1v) is 9.45. The number of benzene rings is 2. The number of anilines is 3. The average Bonchev–Trinajstić information content (AvgIpc) is 3.12. The zero-order chi connectivity index (χ0) is 22.0. The van der Waals surface area contributed by atoms with Gasteiger partial charge in [0.1, 0.15) is 5.75 Å². The number of fused-ring (bicyclic) bond motifs is 1. The monoisotopic (exact) mass is 417 g/mol. The second-order valence-corrected chi connectivity index (χ2v) is 6.79. The molecule has 0 saturated carbocycles. The van der Waals surface area contributed by atoms with Crippen LogP contribution in [0.4, 0.5) is 21.7 Å². The van der Waals surface area contributed by atoms with Gasteiger partial charge in [-0.15, -0.1) is 0 Å². The predicted octanol–water partition coefficient (Wildman–Crippen LogP) is 4.65. The number of rotatable bonds is 6. The first-order chi connectivity index (χ1) is 15.0. The van der Waals surface area contributed by atoms with Crippen molar-refractivity contribution in [2.75, 3.05) is 17.7 Å². The molecule has 0 saturated heterocycles. The number of hydrogen-bond donors (Lipinski definition) is 2. The Morgan fingerprint density at radius 1 is 1.23 bits per heavy atom. The lowest BCUT2D eigenvalue weighted by atomic mass is 10.1. The topological polar surface area (TPSA) is 81.1 Å². The number of methoxy groups -OCH3 is 1. The largest absolute Gasteiger partial charge is 0.494 e. The molecule has 31 heavy (non-hydrogen) atoms. The summed E-state index contributed by atoms with van der Waals surface area (Å²) in [5.74, 6) is -0.614. The molecule has 1 amide bonds. The van der Waals surface area contributed by atoms with E-state index >= 15 is 0 Å². The third kappa shape index (κ3) is 3.95. The van der Waals surface area contributed by atoms with Gasteiger partial charge in [-0.2, -0.15) is 0 Å². The van der Waals surface area contributed by atoms with Crippen LogP contribution in [0.1, 0.15) is 0 Å². The summed E-state index contributed by atoms with van der Waals surface area (Å²) in [5, 5.41) is 6.55. The molecule has 0 bridgehead atoms. The van der Waals surface area contributed by atoms with E-state index in [2.05, 4.69) is 27.2 Å². The SMILES string of the molecule is C=CC(=O)Nc1cc(Nc2nccc(-c3cn(C)c4ccccc34)n2)c(OC)cc1F. The van der Waals surface area contributed by atoms with E-state index in [-0.39, 0.29) is 11.4 Å². The van der Waals surface area contributed by atoms with Crippen LogP contribution in [0, 0.1) is 5.82 Å². The molecule has 8 heteroatoms. The van der Waals surface area contributed by atoms with Crippen LogP contribution < -0.4 is 15.4 Å². The molecule has 0 aliphatic carbocycles. The third-order valence-electron chi connectivity index (χ3n) is 4.81. The molecule has 0 aliphatic rings. The van der Waals surface area contributed by atoms with E-state index in [9.17, 15) is 9.18 Å². The number of aromatic nitrogens is 3. The van der Waals surface area contributed by atoms with Crippen molar-refractivity contribution >= 4 is 34.1 Å². The standard InChI is InChI=1S/C23H20FN5O2/c1-4-22(30)26-18-12-19(21(31-3)11-16(18)24)28-23-25-10-9-17(27-23)15-13-29(2)20-8-6-5-7-14(15)20/h4-13H,1H2,2-3H3,(H,26,30)(H,25,27,28). The number of nitrogens with one attached hydrogen (secondary N) is 2. The molecule has 0 atom stereocenters. The van der Waals surface area contributed by atoms with Crippen LogP contribution in [-0.4, -0.2) is 27.6 Å². The maximum Gasteiger partial charge on any atom is 0.247 e. The van der Waals surface area contributed by atoms with Crippen LogP contribution in [0.5, 0.6) is 5.75 Å². The smallest absolute Gasteiger partial charge is 0.247 e. The number of carbonyl (C=O) groups is 1. The second-order valence-electron chi connectivity index (χ2n) is 6.79. The zero-order valence-electron chi connectivity index (χ0n) is 17.0. The van der Waals surface area contributed by atoms with Crippen LogP contribution >= 0.6 is 0 Å². The Kier molecular flexibility index (Phi) is 5.36.